The van der Waals surface area contributed by atoms with Crippen LogP contribution in [-0.4, -0.2) is 35.8 Å². The number of benzene rings is 3. The van der Waals surface area contributed by atoms with Crippen molar-refractivity contribution in [2.45, 2.75) is 24.4 Å². The SMILES string of the molecule is CCOC(=O)c1ccc2c(c1)nc(SCc1cccc3ccccc13)n2CCOC. The van der Waals surface area contributed by atoms with Crippen molar-refractivity contribution >= 4 is 39.5 Å². The molecule has 30 heavy (non-hydrogen) atoms. The number of carbonyl (C=O) groups is 1. The molecule has 4 aromatic rings. The van der Waals surface area contributed by atoms with E-state index in [4.69, 9.17) is 14.5 Å². The summed E-state index contributed by atoms with van der Waals surface area (Å²) in [5.74, 6) is 0.485. The van der Waals surface area contributed by atoms with Crippen LogP contribution >= 0.6 is 11.8 Å². The molecule has 0 radical (unpaired) electrons. The lowest BCUT2D eigenvalue weighted by atomic mass is 10.1. The monoisotopic (exact) mass is 420 g/mol. The maximum absolute atomic E-state index is 12.1. The summed E-state index contributed by atoms with van der Waals surface area (Å²) >= 11 is 1.70. The van der Waals surface area contributed by atoms with Gasteiger partial charge in [-0.05, 0) is 41.5 Å². The van der Waals surface area contributed by atoms with E-state index in [9.17, 15) is 4.79 Å². The van der Waals surface area contributed by atoms with E-state index >= 15 is 0 Å². The summed E-state index contributed by atoms with van der Waals surface area (Å²) < 4.78 is 12.6. The number of methoxy groups -OCH3 is 1. The summed E-state index contributed by atoms with van der Waals surface area (Å²) in [5.41, 5.74) is 3.57. The fourth-order valence-corrected chi connectivity index (χ4v) is 4.56. The molecule has 0 aliphatic carbocycles. The van der Waals surface area contributed by atoms with Gasteiger partial charge in [0, 0.05) is 19.4 Å². The summed E-state index contributed by atoms with van der Waals surface area (Å²) in [6, 6.07) is 20.3. The highest BCUT2D eigenvalue weighted by atomic mass is 32.2. The first-order valence-corrected chi connectivity index (χ1v) is 11.0. The third-order valence-corrected chi connectivity index (χ3v) is 6.01. The minimum absolute atomic E-state index is 0.323. The lowest BCUT2D eigenvalue weighted by molar-refractivity contribution is 0.0526. The van der Waals surface area contributed by atoms with Crippen molar-refractivity contribution in [1.82, 2.24) is 9.55 Å². The Bertz CT molecular complexity index is 1180. The molecule has 5 nitrogen and oxygen atoms in total. The molecule has 4 rings (SSSR count). The van der Waals surface area contributed by atoms with Crippen molar-refractivity contribution in [1.29, 1.82) is 0 Å². The molecule has 0 spiro atoms. The summed E-state index contributed by atoms with van der Waals surface area (Å²) in [5, 5.41) is 3.41. The second-order valence-corrected chi connectivity index (χ2v) is 7.83. The van der Waals surface area contributed by atoms with Gasteiger partial charge in [-0.15, -0.1) is 0 Å². The zero-order chi connectivity index (χ0) is 20.9. The lowest BCUT2D eigenvalue weighted by Gasteiger charge is -2.10. The summed E-state index contributed by atoms with van der Waals surface area (Å²) in [6.45, 7) is 3.44. The van der Waals surface area contributed by atoms with Crippen molar-refractivity contribution in [2.75, 3.05) is 20.3 Å². The molecule has 0 aliphatic heterocycles. The Morgan fingerprint density at radius 1 is 1.10 bits per heavy atom. The predicted molar refractivity (Wildman–Crippen MR) is 121 cm³/mol. The molecule has 0 amide bonds. The quantitative estimate of drug-likeness (QED) is 0.286. The first-order chi connectivity index (χ1) is 14.7. The van der Waals surface area contributed by atoms with Gasteiger partial charge in [0.25, 0.3) is 0 Å². The normalized spacial score (nSPS) is 11.3. The number of esters is 1. The Balaban J connectivity index is 1.66. The second kappa shape index (κ2) is 9.32. The Kier molecular flexibility index (Phi) is 6.35. The van der Waals surface area contributed by atoms with Crippen molar-refractivity contribution in [3.8, 4) is 0 Å². The molecule has 0 aliphatic rings. The molecular weight excluding hydrogens is 396 g/mol. The van der Waals surface area contributed by atoms with Gasteiger partial charge in [0.1, 0.15) is 0 Å². The molecule has 154 valence electrons. The van der Waals surface area contributed by atoms with Gasteiger partial charge in [-0.25, -0.2) is 9.78 Å². The second-order valence-electron chi connectivity index (χ2n) is 6.89. The zero-order valence-corrected chi connectivity index (χ0v) is 17.9. The molecule has 0 fully saturated rings. The Labute approximate surface area is 180 Å². The van der Waals surface area contributed by atoms with Gasteiger partial charge in [-0.2, -0.15) is 0 Å². The van der Waals surface area contributed by atoms with E-state index in [0.717, 1.165) is 21.9 Å². The standard InChI is InChI=1S/C24H24N2O3S/c1-3-29-23(27)18-11-12-22-21(15-18)25-24(26(22)13-14-28-2)30-16-19-9-6-8-17-7-4-5-10-20(17)19/h4-12,15H,3,13-14,16H2,1-2H3. The number of aromatic nitrogens is 2. The summed E-state index contributed by atoms with van der Waals surface area (Å²) in [7, 11) is 1.70. The van der Waals surface area contributed by atoms with Gasteiger partial charge >= 0.3 is 5.97 Å². The fraction of sp³-hybridized carbons (Fsp3) is 0.250. The molecule has 0 N–H and O–H groups in total. The molecule has 0 bridgehead atoms. The molecule has 0 saturated carbocycles. The number of hydrogen-bond donors (Lipinski definition) is 0. The number of ether oxygens (including phenoxy) is 2. The number of hydrogen-bond acceptors (Lipinski definition) is 5. The van der Waals surface area contributed by atoms with E-state index in [1.165, 1.54) is 16.3 Å². The third-order valence-electron chi connectivity index (χ3n) is 4.98. The van der Waals surface area contributed by atoms with Crippen LogP contribution in [0.3, 0.4) is 0 Å². The van der Waals surface area contributed by atoms with Crippen LogP contribution in [0.2, 0.25) is 0 Å². The maximum Gasteiger partial charge on any atom is 0.338 e. The van der Waals surface area contributed by atoms with E-state index in [2.05, 4.69) is 47.0 Å². The topological polar surface area (TPSA) is 53.3 Å². The molecule has 3 aromatic carbocycles. The largest absolute Gasteiger partial charge is 0.462 e. The average molecular weight is 421 g/mol. The first kappa shape index (κ1) is 20.4. The van der Waals surface area contributed by atoms with Crippen molar-refractivity contribution in [3.05, 3.63) is 71.8 Å². The molecule has 0 saturated heterocycles. The number of thioether (sulfide) groups is 1. The van der Waals surface area contributed by atoms with Crippen LogP contribution in [0, 0.1) is 0 Å². The van der Waals surface area contributed by atoms with E-state index < -0.39 is 0 Å². The summed E-state index contributed by atoms with van der Waals surface area (Å²) in [6.07, 6.45) is 0. The lowest BCUT2D eigenvalue weighted by Crippen LogP contribution is -2.06. The Morgan fingerprint density at radius 2 is 1.93 bits per heavy atom. The van der Waals surface area contributed by atoms with Gasteiger partial charge in [-0.1, -0.05) is 54.2 Å². The minimum atomic E-state index is -0.323. The van der Waals surface area contributed by atoms with Crippen LogP contribution in [0.5, 0.6) is 0 Å². The number of carbonyl (C=O) groups excluding carboxylic acids is 1. The van der Waals surface area contributed by atoms with E-state index in [-0.39, 0.29) is 5.97 Å². The van der Waals surface area contributed by atoms with Crippen LogP contribution in [-0.2, 0) is 21.8 Å². The van der Waals surface area contributed by atoms with Crippen LogP contribution < -0.4 is 0 Å². The van der Waals surface area contributed by atoms with Crippen LogP contribution in [0.4, 0.5) is 0 Å². The minimum Gasteiger partial charge on any atom is -0.462 e. The van der Waals surface area contributed by atoms with Gasteiger partial charge in [-0.3, -0.25) is 0 Å². The van der Waals surface area contributed by atoms with E-state index in [1.807, 2.05) is 6.07 Å². The highest BCUT2D eigenvalue weighted by Gasteiger charge is 2.15. The molecule has 1 heterocycles. The average Bonchev–Trinajstić information content (AvgIpc) is 3.12. The molecular formula is C24H24N2O3S. The number of rotatable bonds is 8. The van der Waals surface area contributed by atoms with E-state index in [1.54, 1.807) is 37.9 Å². The third kappa shape index (κ3) is 4.20. The highest BCUT2D eigenvalue weighted by molar-refractivity contribution is 7.98. The van der Waals surface area contributed by atoms with Crippen molar-refractivity contribution in [3.63, 3.8) is 0 Å². The number of imidazole rings is 1. The smallest absolute Gasteiger partial charge is 0.338 e. The van der Waals surface area contributed by atoms with E-state index in [0.29, 0.717) is 25.3 Å². The first-order valence-electron chi connectivity index (χ1n) is 9.97. The maximum atomic E-state index is 12.1. The van der Waals surface area contributed by atoms with Crippen LogP contribution in [0.1, 0.15) is 22.8 Å². The molecule has 1 aromatic heterocycles. The Hall–Kier alpha value is -2.83. The van der Waals surface area contributed by atoms with Gasteiger partial charge in [0.05, 0.1) is 29.8 Å². The molecule has 6 heteroatoms. The molecule has 0 atom stereocenters. The molecule has 0 unspecified atom stereocenters. The van der Waals surface area contributed by atoms with Crippen molar-refractivity contribution < 1.29 is 14.3 Å². The highest BCUT2D eigenvalue weighted by Crippen LogP contribution is 2.30. The van der Waals surface area contributed by atoms with Crippen molar-refractivity contribution in [2.24, 2.45) is 0 Å². The number of nitrogens with zero attached hydrogens (tertiary/aromatic N) is 2. The van der Waals surface area contributed by atoms with Gasteiger partial charge < -0.3 is 14.0 Å². The zero-order valence-electron chi connectivity index (χ0n) is 17.1. The summed E-state index contributed by atoms with van der Waals surface area (Å²) in [4.78, 5) is 16.9. The number of fused-ring (bicyclic) bond motifs is 2. The Morgan fingerprint density at radius 3 is 2.77 bits per heavy atom. The van der Waals surface area contributed by atoms with Gasteiger partial charge in [0.2, 0.25) is 0 Å². The van der Waals surface area contributed by atoms with Crippen LogP contribution in [0.25, 0.3) is 21.8 Å². The van der Waals surface area contributed by atoms with Crippen LogP contribution in [0.15, 0.2) is 65.8 Å². The predicted octanol–water partition coefficient (Wildman–Crippen LogP) is 5.30. The fourth-order valence-electron chi connectivity index (χ4n) is 3.52. The van der Waals surface area contributed by atoms with Gasteiger partial charge in [0.15, 0.2) is 5.16 Å².